The molecule has 0 bridgehead atoms. The Morgan fingerprint density at radius 2 is 1.71 bits per heavy atom. The first-order valence-corrected chi connectivity index (χ1v) is 6.78. The van der Waals surface area contributed by atoms with Gasteiger partial charge in [-0.15, -0.1) is 0 Å². The highest BCUT2D eigenvalue weighted by molar-refractivity contribution is 7.91. The number of rotatable bonds is 2. The van der Waals surface area contributed by atoms with Crippen LogP contribution in [-0.2, 0) is 9.84 Å². The Balaban J connectivity index is 2.67. The van der Waals surface area contributed by atoms with E-state index in [1.165, 1.54) is 0 Å². The van der Waals surface area contributed by atoms with Gasteiger partial charge in [-0.1, -0.05) is 0 Å². The van der Waals surface area contributed by atoms with Crippen molar-refractivity contribution in [2.45, 2.75) is 37.7 Å². The van der Waals surface area contributed by atoms with Crippen molar-refractivity contribution in [3.8, 4) is 0 Å². The minimum atomic E-state index is -3.57. The number of alkyl halides is 1. The molecule has 1 aliphatic rings. The van der Waals surface area contributed by atoms with Gasteiger partial charge in [-0.3, -0.25) is 0 Å². The molecule has 3 nitrogen and oxygen atoms in total. The Labute approximate surface area is 85.2 Å². The van der Waals surface area contributed by atoms with Crippen LogP contribution < -0.4 is 0 Å². The van der Waals surface area contributed by atoms with Crippen molar-refractivity contribution in [3.05, 3.63) is 0 Å². The van der Waals surface area contributed by atoms with Gasteiger partial charge < -0.3 is 4.90 Å². The van der Waals surface area contributed by atoms with Gasteiger partial charge in [0, 0.05) is 38.2 Å². The first-order chi connectivity index (χ1) is 6.26. The standard InChI is InChI=1S/C9H18FNO2S/c1-8(2)11-6-4-9(10,5-7-11)14(3,12)13/h8H,4-7H2,1-3H3. The van der Waals surface area contributed by atoms with Crippen LogP contribution >= 0.6 is 0 Å². The second-order valence-electron chi connectivity index (χ2n) is 4.28. The van der Waals surface area contributed by atoms with Crippen molar-refractivity contribution in [1.82, 2.24) is 4.90 Å². The zero-order valence-electron chi connectivity index (χ0n) is 8.96. The van der Waals surface area contributed by atoms with Crippen molar-refractivity contribution < 1.29 is 12.8 Å². The highest BCUT2D eigenvalue weighted by Gasteiger charge is 2.43. The van der Waals surface area contributed by atoms with Crippen LogP contribution in [0.5, 0.6) is 0 Å². The van der Waals surface area contributed by atoms with Gasteiger partial charge in [-0.25, -0.2) is 12.8 Å². The summed E-state index contributed by atoms with van der Waals surface area (Å²) in [5.41, 5.74) is 0. The monoisotopic (exact) mass is 223 g/mol. The largest absolute Gasteiger partial charge is 0.301 e. The van der Waals surface area contributed by atoms with E-state index in [2.05, 4.69) is 4.90 Å². The smallest absolute Gasteiger partial charge is 0.212 e. The van der Waals surface area contributed by atoms with Crippen LogP contribution in [-0.4, -0.2) is 43.7 Å². The molecule has 14 heavy (non-hydrogen) atoms. The second-order valence-corrected chi connectivity index (χ2v) is 6.56. The van der Waals surface area contributed by atoms with Crippen molar-refractivity contribution in [2.75, 3.05) is 19.3 Å². The van der Waals surface area contributed by atoms with Crippen molar-refractivity contribution in [2.24, 2.45) is 0 Å². The Bertz CT molecular complexity index is 292. The Morgan fingerprint density at radius 3 is 2.00 bits per heavy atom. The molecular formula is C9H18FNO2S. The van der Waals surface area contributed by atoms with Crippen LogP contribution in [0.4, 0.5) is 4.39 Å². The fraction of sp³-hybridized carbons (Fsp3) is 1.00. The number of halogens is 1. The molecule has 0 saturated carbocycles. The van der Waals surface area contributed by atoms with Gasteiger partial charge in [0.05, 0.1) is 0 Å². The van der Waals surface area contributed by atoms with Crippen molar-refractivity contribution in [1.29, 1.82) is 0 Å². The molecule has 0 aromatic rings. The summed E-state index contributed by atoms with van der Waals surface area (Å²) < 4.78 is 36.3. The van der Waals surface area contributed by atoms with Crippen LogP contribution in [0.2, 0.25) is 0 Å². The van der Waals surface area contributed by atoms with E-state index in [1.54, 1.807) is 0 Å². The molecule has 0 aromatic carbocycles. The molecule has 84 valence electrons. The number of piperidine rings is 1. The molecule has 1 heterocycles. The minimum absolute atomic E-state index is 0.101. The lowest BCUT2D eigenvalue weighted by molar-refractivity contribution is 0.0994. The van der Waals surface area contributed by atoms with Gasteiger partial charge in [0.25, 0.3) is 0 Å². The van der Waals surface area contributed by atoms with Crippen molar-refractivity contribution in [3.63, 3.8) is 0 Å². The molecule has 0 aromatic heterocycles. The lowest BCUT2D eigenvalue weighted by atomic mass is 10.1. The molecule has 0 aliphatic carbocycles. The predicted molar refractivity (Wildman–Crippen MR) is 54.6 cm³/mol. The molecule has 0 unspecified atom stereocenters. The number of hydrogen-bond donors (Lipinski definition) is 0. The third kappa shape index (κ3) is 2.25. The SMILES string of the molecule is CC(C)N1CCC(F)(S(C)(=O)=O)CC1. The molecular weight excluding hydrogens is 205 g/mol. The lowest BCUT2D eigenvalue weighted by Gasteiger charge is -2.37. The zero-order chi connectivity index (χ0) is 11.0. The van der Waals surface area contributed by atoms with E-state index in [4.69, 9.17) is 0 Å². The summed E-state index contributed by atoms with van der Waals surface area (Å²) in [6.45, 7) is 5.12. The van der Waals surface area contributed by atoms with Gasteiger partial charge in [-0.2, -0.15) is 0 Å². The van der Waals surface area contributed by atoms with E-state index in [0.29, 0.717) is 19.1 Å². The Kier molecular flexibility index (Phi) is 3.21. The summed E-state index contributed by atoms with van der Waals surface area (Å²) in [7, 11) is -3.57. The van der Waals surface area contributed by atoms with Crippen LogP contribution in [0.25, 0.3) is 0 Å². The van der Waals surface area contributed by atoms with E-state index >= 15 is 0 Å². The van der Waals surface area contributed by atoms with Gasteiger partial charge in [0.1, 0.15) is 0 Å². The van der Waals surface area contributed by atoms with Gasteiger partial charge in [0.15, 0.2) is 9.84 Å². The number of sulfone groups is 1. The van der Waals surface area contributed by atoms with Crippen LogP contribution in [0.15, 0.2) is 0 Å². The summed E-state index contributed by atoms with van der Waals surface area (Å²) >= 11 is 0. The number of nitrogens with zero attached hydrogens (tertiary/aromatic N) is 1. The normalized spacial score (nSPS) is 24.1. The van der Waals surface area contributed by atoms with Crippen LogP contribution in [0, 0.1) is 0 Å². The summed E-state index contributed by atoms with van der Waals surface area (Å²) in [5.74, 6) is 0. The van der Waals surface area contributed by atoms with E-state index < -0.39 is 14.8 Å². The second kappa shape index (κ2) is 3.77. The quantitative estimate of drug-likeness (QED) is 0.706. The molecule has 0 N–H and O–H groups in total. The van der Waals surface area contributed by atoms with Gasteiger partial charge >= 0.3 is 0 Å². The first-order valence-electron chi connectivity index (χ1n) is 4.89. The Hall–Kier alpha value is -0.160. The van der Waals surface area contributed by atoms with Crippen molar-refractivity contribution >= 4 is 9.84 Å². The minimum Gasteiger partial charge on any atom is -0.301 e. The zero-order valence-corrected chi connectivity index (χ0v) is 9.77. The van der Waals surface area contributed by atoms with E-state index in [-0.39, 0.29) is 12.8 Å². The molecule has 1 saturated heterocycles. The summed E-state index contributed by atoms with van der Waals surface area (Å²) in [5, 5.41) is -1.99. The highest BCUT2D eigenvalue weighted by atomic mass is 32.2. The molecule has 0 amide bonds. The van der Waals surface area contributed by atoms with E-state index in [9.17, 15) is 12.8 Å². The molecule has 0 spiro atoms. The maximum atomic E-state index is 13.9. The topological polar surface area (TPSA) is 37.4 Å². The molecule has 5 heteroatoms. The first kappa shape index (κ1) is 11.9. The average Bonchev–Trinajstić information content (AvgIpc) is 2.03. The molecule has 0 radical (unpaired) electrons. The number of hydrogen-bond acceptors (Lipinski definition) is 3. The lowest BCUT2D eigenvalue weighted by Crippen LogP contribution is -2.48. The fourth-order valence-corrected chi connectivity index (χ4v) is 2.67. The average molecular weight is 223 g/mol. The summed E-state index contributed by atoms with van der Waals surface area (Å²) in [6.07, 6.45) is 1.19. The van der Waals surface area contributed by atoms with Gasteiger partial charge in [-0.05, 0) is 13.8 Å². The maximum absolute atomic E-state index is 13.9. The van der Waals surface area contributed by atoms with Crippen LogP contribution in [0.1, 0.15) is 26.7 Å². The van der Waals surface area contributed by atoms with E-state index in [1.807, 2.05) is 13.8 Å². The molecule has 1 aliphatic heterocycles. The van der Waals surface area contributed by atoms with E-state index in [0.717, 1.165) is 6.26 Å². The molecule has 1 rings (SSSR count). The summed E-state index contributed by atoms with van der Waals surface area (Å²) in [4.78, 5) is 2.10. The molecule has 1 fully saturated rings. The predicted octanol–water partition coefficient (Wildman–Crippen LogP) is 1.20. The fourth-order valence-electron chi connectivity index (χ4n) is 1.75. The Morgan fingerprint density at radius 1 is 1.29 bits per heavy atom. The molecule has 0 atom stereocenters. The number of likely N-dealkylation sites (tertiary alicyclic amines) is 1. The third-order valence-electron chi connectivity index (χ3n) is 2.94. The highest BCUT2D eigenvalue weighted by Crippen LogP contribution is 2.32. The summed E-state index contributed by atoms with van der Waals surface area (Å²) in [6, 6.07) is 0.360. The van der Waals surface area contributed by atoms with Gasteiger partial charge in [0.2, 0.25) is 5.00 Å². The van der Waals surface area contributed by atoms with Crippen LogP contribution in [0.3, 0.4) is 0 Å². The maximum Gasteiger partial charge on any atom is 0.212 e. The third-order valence-corrected chi connectivity index (χ3v) is 4.68.